The fourth-order valence-corrected chi connectivity index (χ4v) is 2.02. The second kappa shape index (κ2) is 7.08. The summed E-state index contributed by atoms with van der Waals surface area (Å²) in [5.74, 6) is -0.299. The maximum atomic E-state index is 11.7. The molecule has 0 fully saturated rings. The second-order valence-electron chi connectivity index (χ2n) is 5.50. The third-order valence-corrected chi connectivity index (χ3v) is 2.86. The van der Waals surface area contributed by atoms with Crippen LogP contribution >= 0.6 is 0 Å². The number of hydrogen-bond donors (Lipinski definition) is 0. The van der Waals surface area contributed by atoms with E-state index in [4.69, 9.17) is 9.57 Å². The number of oxime groups is 1. The molecular weight excluding hydrogens is 254 g/mol. The molecule has 0 atom stereocenters. The third-order valence-electron chi connectivity index (χ3n) is 2.86. The quantitative estimate of drug-likeness (QED) is 0.471. The largest absolute Gasteiger partial charge is 0.466 e. The van der Waals surface area contributed by atoms with Gasteiger partial charge in [-0.3, -0.25) is 4.79 Å². The van der Waals surface area contributed by atoms with Crippen molar-refractivity contribution < 1.29 is 14.4 Å². The molecule has 0 aliphatic carbocycles. The molecule has 4 heteroatoms. The van der Waals surface area contributed by atoms with Crippen molar-refractivity contribution in [3.8, 4) is 0 Å². The van der Waals surface area contributed by atoms with Crippen LogP contribution in [0.3, 0.4) is 0 Å². The van der Waals surface area contributed by atoms with Crippen LogP contribution in [0.4, 0.5) is 0 Å². The fourth-order valence-electron chi connectivity index (χ4n) is 2.02. The molecule has 0 unspecified atom stereocenters. The summed E-state index contributed by atoms with van der Waals surface area (Å²) < 4.78 is 4.99. The first-order chi connectivity index (χ1) is 9.40. The van der Waals surface area contributed by atoms with Crippen molar-refractivity contribution in [2.75, 3.05) is 13.7 Å². The van der Waals surface area contributed by atoms with E-state index >= 15 is 0 Å². The minimum absolute atomic E-state index is 0.0419. The van der Waals surface area contributed by atoms with Crippen molar-refractivity contribution in [1.29, 1.82) is 0 Å². The van der Waals surface area contributed by atoms with Crippen molar-refractivity contribution in [3.63, 3.8) is 0 Å². The summed E-state index contributed by atoms with van der Waals surface area (Å²) in [5.41, 5.74) is 2.60. The van der Waals surface area contributed by atoms with Gasteiger partial charge in [-0.2, -0.15) is 0 Å². The topological polar surface area (TPSA) is 47.9 Å². The Labute approximate surface area is 120 Å². The smallest absolute Gasteiger partial charge is 0.312 e. The Morgan fingerprint density at radius 3 is 2.45 bits per heavy atom. The van der Waals surface area contributed by atoms with Gasteiger partial charge >= 0.3 is 5.97 Å². The summed E-state index contributed by atoms with van der Waals surface area (Å²) in [4.78, 5) is 16.6. The lowest BCUT2D eigenvalue weighted by molar-refractivity contribution is -0.141. The molecule has 110 valence electrons. The van der Waals surface area contributed by atoms with Crippen LogP contribution in [0, 0.1) is 0 Å². The predicted octanol–water partition coefficient (Wildman–Crippen LogP) is 3.29. The van der Waals surface area contributed by atoms with Gasteiger partial charge in [0.05, 0.1) is 18.7 Å². The molecule has 4 nitrogen and oxygen atoms in total. The summed E-state index contributed by atoms with van der Waals surface area (Å²) >= 11 is 0. The highest BCUT2D eigenvalue weighted by atomic mass is 16.6. The van der Waals surface area contributed by atoms with E-state index < -0.39 is 0 Å². The average Bonchev–Trinajstić information content (AvgIpc) is 2.37. The van der Waals surface area contributed by atoms with E-state index in [-0.39, 0.29) is 17.8 Å². The lowest BCUT2D eigenvalue weighted by Crippen LogP contribution is -2.20. The van der Waals surface area contributed by atoms with Crippen LogP contribution in [0.2, 0.25) is 0 Å². The third kappa shape index (κ3) is 4.37. The standard InChI is InChI=1S/C16H23NO3/c1-6-20-15(18)11-14(17-19-5)12-9-7-8-10-13(12)16(2,3)4/h7-10H,6,11H2,1-5H3. The number of ether oxygens (including phenoxy) is 1. The molecule has 1 aromatic carbocycles. The number of hydrogen-bond acceptors (Lipinski definition) is 4. The summed E-state index contributed by atoms with van der Waals surface area (Å²) in [7, 11) is 1.48. The zero-order valence-electron chi connectivity index (χ0n) is 12.9. The van der Waals surface area contributed by atoms with E-state index in [1.165, 1.54) is 7.11 Å². The summed E-state index contributed by atoms with van der Waals surface area (Å²) in [6, 6.07) is 7.92. The Bertz CT molecular complexity index is 487. The molecule has 20 heavy (non-hydrogen) atoms. The molecule has 0 saturated heterocycles. The van der Waals surface area contributed by atoms with E-state index in [1.807, 2.05) is 24.3 Å². The molecule has 0 N–H and O–H groups in total. The molecule has 0 spiro atoms. The Kier molecular flexibility index (Phi) is 5.74. The zero-order chi connectivity index (χ0) is 15.2. The average molecular weight is 277 g/mol. The molecule has 0 amide bonds. The SMILES string of the molecule is CCOC(=O)CC(=NOC)c1ccccc1C(C)(C)C. The Morgan fingerprint density at radius 1 is 1.25 bits per heavy atom. The molecule has 0 saturated carbocycles. The first-order valence-corrected chi connectivity index (χ1v) is 6.75. The second-order valence-corrected chi connectivity index (χ2v) is 5.50. The van der Waals surface area contributed by atoms with E-state index in [9.17, 15) is 4.79 Å². The molecule has 0 aliphatic heterocycles. The molecule has 1 aromatic rings. The molecule has 0 heterocycles. The number of nitrogens with zero attached hydrogens (tertiary/aromatic N) is 1. The molecule has 0 bridgehead atoms. The predicted molar refractivity (Wildman–Crippen MR) is 79.9 cm³/mol. The number of carbonyl (C=O) groups excluding carboxylic acids is 1. The van der Waals surface area contributed by atoms with Crippen LogP contribution in [0.1, 0.15) is 45.2 Å². The van der Waals surface area contributed by atoms with Gasteiger partial charge in [-0.15, -0.1) is 0 Å². The Hall–Kier alpha value is -1.84. The Balaban J connectivity index is 3.17. The number of benzene rings is 1. The molecule has 0 aliphatic rings. The maximum Gasteiger partial charge on any atom is 0.312 e. The van der Waals surface area contributed by atoms with Crippen molar-refractivity contribution in [2.45, 2.75) is 39.5 Å². The minimum atomic E-state index is -0.299. The van der Waals surface area contributed by atoms with Crippen molar-refractivity contribution in [1.82, 2.24) is 0 Å². The fraction of sp³-hybridized carbons (Fsp3) is 0.500. The van der Waals surface area contributed by atoms with Gasteiger partial charge in [0, 0.05) is 5.56 Å². The van der Waals surface area contributed by atoms with Crippen LogP contribution < -0.4 is 0 Å². The summed E-state index contributed by atoms with van der Waals surface area (Å²) in [6.07, 6.45) is 0.106. The maximum absolute atomic E-state index is 11.7. The van der Waals surface area contributed by atoms with Crippen LogP contribution in [0.5, 0.6) is 0 Å². The minimum Gasteiger partial charge on any atom is -0.466 e. The Morgan fingerprint density at radius 2 is 1.90 bits per heavy atom. The number of carbonyl (C=O) groups is 1. The van der Waals surface area contributed by atoms with Crippen LogP contribution in [-0.2, 0) is 19.8 Å². The van der Waals surface area contributed by atoms with E-state index in [1.54, 1.807) is 6.92 Å². The van der Waals surface area contributed by atoms with Gasteiger partial charge in [-0.1, -0.05) is 50.2 Å². The van der Waals surface area contributed by atoms with Gasteiger partial charge in [-0.25, -0.2) is 0 Å². The van der Waals surface area contributed by atoms with Gasteiger partial charge in [0.2, 0.25) is 0 Å². The number of esters is 1. The van der Waals surface area contributed by atoms with E-state index in [0.29, 0.717) is 12.3 Å². The van der Waals surface area contributed by atoms with Gasteiger partial charge in [0.15, 0.2) is 0 Å². The monoisotopic (exact) mass is 277 g/mol. The van der Waals surface area contributed by atoms with Crippen molar-refractivity contribution in [3.05, 3.63) is 35.4 Å². The summed E-state index contributed by atoms with van der Waals surface area (Å²) in [6.45, 7) is 8.52. The normalized spacial score (nSPS) is 12.2. The first-order valence-electron chi connectivity index (χ1n) is 6.75. The van der Waals surface area contributed by atoms with Gasteiger partial charge in [-0.05, 0) is 17.9 Å². The number of rotatable bonds is 5. The van der Waals surface area contributed by atoms with E-state index in [2.05, 4.69) is 25.9 Å². The van der Waals surface area contributed by atoms with Gasteiger partial charge in [0.1, 0.15) is 7.11 Å². The molecule has 0 aromatic heterocycles. The van der Waals surface area contributed by atoms with Crippen LogP contribution in [0.25, 0.3) is 0 Å². The molecule has 0 radical (unpaired) electrons. The highest BCUT2D eigenvalue weighted by molar-refractivity contribution is 6.10. The van der Waals surface area contributed by atoms with Crippen LogP contribution in [0.15, 0.2) is 29.4 Å². The molecular formula is C16H23NO3. The lowest BCUT2D eigenvalue weighted by atomic mass is 9.82. The lowest BCUT2D eigenvalue weighted by Gasteiger charge is -2.23. The van der Waals surface area contributed by atoms with Gasteiger partial charge in [0.25, 0.3) is 0 Å². The molecule has 1 rings (SSSR count). The highest BCUT2D eigenvalue weighted by Gasteiger charge is 2.22. The van der Waals surface area contributed by atoms with Gasteiger partial charge < -0.3 is 9.57 Å². The van der Waals surface area contributed by atoms with Crippen LogP contribution in [-0.4, -0.2) is 25.4 Å². The zero-order valence-corrected chi connectivity index (χ0v) is 12.9. The van der Waals surface area contributed by atoms with Crippen molar-refractivity contribution >= 4 is 11.7 Å². The van der Waals surface area contributed by atoms with E-state index in [0.717, 1.165) is 11.1 Å². The van der Waals surface area contributed by atoms with Crippen molar-refractivity contribution in [2.24, 2.45) is 5.16 Å². The highest BCUT2D eigenvalue weighted by Crippen LogP contribution is 2.27. The first kappa shape index (κ1) is 16.2. The summed E-state index contributed by atoms with van der Waals surface area (Å²) in [5, 5.41) is 4.01.